The van der Waals surface area contributed by atoms with Gasteiger partial charge < -0.3 is 15.2 Å². The zero-order chi connectivity index (χ0) is 15.0. The summed E-state index contributed by atoms with van der Waals surface area (Å²) < 4.78 is 10.1. The first-order valence-electron chi connectivity index (χ1n) is 6.03. The van der Waals surface area contributed by atoms with Crippen molar-refractivity contribution in [2.75, 3.05) is 7.11 Å². The lowest BCUT2D eigenvalue weighted by Crippen LogP contribution is -2.54. The standard InChI is InChI=1S/C12H22N2O4S/c1-11(2,3)18-10(16)14-7(9(15)17-6)8(13)19-12(14,4)5/h7-8H,13H2,1-6H3/t7-,8+/m0/s1. The van der Waals surface area contributed by atoms with Crippen molar-refractivity contribution >= 4 is 23.8 Å². The Bertz CT molecular complexity index is 378. The molecule has 7 heteroatoms. The van der Waals surface area contributed by atoms with Crippen molar-refractivity contribution in [3.8, 4) is 0 Å². The van der Waals surface area contributed by atoms with E-state index < -0.39 is 34.0 Å². The molecule has 0 aromatic heterocycles. The molecule has 110 valence electrons. The predicted molar refractivity (Wildman–Crippen MR) is 73.5 cm³/mol. The number of hydrogen-bond acceptors (Lipinski definition) is 6. The minimum atomic E-state index is -0.833. The molecule has 0 saturated carbocycles. The second kappa shape index (κ2) is 5.20. The fraction of sp³-hybridized carbons (Fsp3) is 0.833. The van der Waals surface area contributed by atoms with E-state index in [0.29, 0.717) is 0 Å². The van der Waals surface area contributed by atoms with E-state index in [1.165, 1.54) is 23.8 Å². The lowest BCUT2D eigenvalue weighted by Gasteiger charge is -2.34. The van der Waals surface area contributed by atoms with Gasteiger partial charge in [0.1, 0.15) is 5.60 Å². The first-order valence-corrected chi connectivity index (χ1v) is 6.91. The molecule has 1 rings (SSSR count). The Balaban J connectivity index is 3.04. The van der Waals surface area contributed by atoms with E-state index in [4.69, 9.17) is 15.2 Å². The molecule has 1 saturated heterocycles. The van der Waals surface area contributed by atoms with Gasteiger partial charge in [-0.1, -0.05) is 0 Å². The van der Waals surface area contributed by atoms with Crippen LogP contribution in [0.15, 0.2) is 0 Å². The van der Waals surface area contributed by atoms with Gasteiger partial charge in [-0.3, -0.25) is 4.90 Å². The van der Waals surface area contributed by atoms with Gasteiger partial charge in [0, 0.05) is 0 Å². The summed E-state index contributed by atoms with van der Waals surface area (Å²) >= 11 is 1.34. The molecule has 2 atom stereocenters. The summed E-state index contributed by atoms with van der Waals surface area (Å²) in [6, 6.07) is -0.833. The highest BCUT2D eigenvalue weighted by Crippen LogP contribution is 2.43. The van der Waals surface area contributed by atoms with Crippen LogP contribution in [0, 0.1) is 0 Å². The molecule has 1 aliphatic rings. The maximum atomic E-state index is 12.3. The minimum absolute atomic E-state index is 0.531. The largest absolute Gasteiger partial charge is 0.467 e. The van der Waals surface area contributed by atoms with Crippen molar-refractivity contribution in [2.45, 2.75) is 56.5 Å². The molecule has 1 amide bonds. The second-order valence-electron chi connectivity index (χ2n) is 5.85. The predicted octanol–water partition coefficient (Wildman–Crippen LogP) is 1.53. The fourth-order valence-electron chi connectivity index (χ4n) is 1.94. The Kier molecular flexibility index (Phi) is 4.41. The molecule has 0 aromatic rings. The molecule has 0 aromatic carbocycles. The Morgan fingerprint density at radius 2 is 1.84 bits per heavy atom. The maximum absolute atomic E-state index is 12.3. The van der Waals surface area contributed by atoms with Crippen LogP contribution >= 0.6 is 11.8 Å². The minimum Gasteiger partial charge on any atom is -0.467 e. The van der Waals surface area contributed by atoms with Crippen LogP contribution in [0.1, 0.15) is 34.6 Å². The van der Waals surface area contributed by atoms with Crippen LogP contribution in [0.4, 0.5) is 4.79 Å². The normalized spacial score (nSPS) is 26.2. The molecule has 0 spiro atoms. The third kappa shape index (κ3) is 3.54. The van der Waals surface area contributed by atoms with Crippen LogP contribution < -0.4 is 5.73 Å². The lowest BCUT2D eigenvalue weighted by atomic mass is 10.2. The lowest BCUT2D eigenvalue weighted by molar-refractivity contribution is -0.147. The van der Waals surface area contributed by atoms with Crippen LogP contribution in [0.3, 0.4) is 0 Å². The van der Waals surface area contributed by atoms with Crippen molar-refractivity contribution in [1.29, 1.82) is 0 Å². The summed E-state index contributed by atoms with van der Waals surface area (Å²) in [5, 5.41) is -0.532. The number of amides is 1. The van der Waals surface area contributed by atoms with Crippen molar-refractivity contribution in [3.63, 3.8) is 0 Å². The van der Waals surface area contributed by atoms with Crippen LogP contribution in [0.5, 0.6) is 0 Å². The van der Waals surface area contributed by atoms with E-state index in [2.05, 4.69) is 0 Å². The van der Waals surface area contributed by atoms with E-state index in [0.717, 1.165) is 0 Å². The number of nitrogens with zero attached hydrogens (tertiary/aromatic N) is 1. The molecule has 19 heavy (non-hydrogen) atoms. The van der Waals surface area contributed by atoms with Crippen molar-refractivity contribution in [2.24, 2.45) is 5.73 Å². The average Bonchev–Trinajstić information content (AvgIpc) is 2.44. The molecule has 1 fully saturated rings. The van der Waals surface area contributed by atoms with E-state index in [-0.39, 0.29) is 0 Å². The molecule has 1 heterocycles. The summed E-state index contributed by atoms with van der Waals surface area (Å²) in [4.78, 5) is 24.8. The zero-order valence-electron chi connectivity index (χ0n) is 12.2. The zero-order valence-corrected chi connectivity index (χ0v) is 13.0. The first-order chi connectivity index (χ1) is 8.49. The molecule has 6 nitrogen and oxygen atoms in total. The molecule has 0 bridgehead atoms. The number of ether oxygens (including phenoxy) is 2. The van der Waals surface area contributed by atoms with Gasteiger partial charge in [0.2, 0.25) is 0 Å². The molecule has 0 unspecified atom stereocenters. The van der Waals surface area contributed by atoms with Crippen molar-refractivity contribution in [3.05, 3.63) is 0 Å². The third-order valence-corrected chi connectivity index (χ3v) is 3.93. The molecule has 0 aliphatic carbocycles. The monoisotopic (exact) mass is 290 g/mol. The highest BCUT2D eigenvalue weighted by Gasteiger charge is 2.53. The number of esters is 1. The number of methoxy groups -OCH3 is 1. The van der Waals surface area contributed by atoms with Gasteiger partial charge in [-0.2, -0.15) is 0 Å². The summed E-state index contributed by atoms with van der Waals surface area (Å²) in [5.41, 5.74) is 5.30. The number of thioether (sulfide) groups is 1. The summed E-state index contributed by atoms with van der Waals surface area (Å²) in [5.74, 6) is -0.531. The molecule has 0 radical (unpaired) electrons. The Morgan fingerprint density at radius 1 is 1.32 bits per heavy atom. The van der Waals surface area contributed by atoms with Crippen LogP contribution in [0.2, 0.25) is 0 Å². The van der Waals surface area contributed by atoms with Crippen LogP contribution in [-0.2, 0) is 14.3 Å². The Labute approximate surface area is 118 Å². The van der Waals surface area contributed by atoms with E-state index in [9.17, 15) is 9.59 Å². The van der Waals surface area contributed by atoms with Crippen LogP contribution in [-0.4, -0.2) is 46.0 Å². The van der Waals surface area contributed by atoms with Gasteiger partial charge in [-0.05, 0) is 34.6 Å². The number of carbonyl (C=O) groups is 2. The second-order valence-corrected chi connectivity index (χ2v) is 7.63. The van der Waals surface area contributed by atoms with Crippen molar-refractivity contribution < 1.29 is 19.1 Å². The summed E-state index contributed by atoms with van der Waals surface area (Å²) in [6.07, 6.45) is -0.562. The van der Waals surface area contributed by atoms with Crippen LogP contribution in [0.25, 0.3) is 0 Å². The van der Waals surface area contributed by atoms with E-state index in [1.54, 1.807) is 20.8 Å². The third-order valence-electron chi connectivity index (χ3n) is 2.63. The van der Waals surface area contributed by atoms with Gasteiger partial charge in [0.15, 0.2) is 6.04 Å². The van der Waals surface area contributed by atoms with Crippen molar-refractivity contribution in [1.82, 2.24) is 4.90 Å². The average molecular weight is 290 g/mol. The van der Waals surface area contributed by atoms with Gasteiger partial charge in [-0.25, -0.2) is 9.59 Å². The van der Waals surface area contributed by atoms with E-state index in [1.807, 2.05) is 13.8 Å². The maximum Gasteiger partial charge on any atom is 0.412 e. The molecule has 1 aliphatic heterocycles. The number of hydrogen-bond donors (Lipinski definition) is 1. The number of carbonyl (C=O) groups excluding carboxylic acids is 2. The topological polar surface area (TPSA) is 81.9 Å². The smallest absolute Gasteiger partial charge is 0.412 e. The molecule has 2 N–H and O–H groups in total. The Morgan fingerprint density at radius 3 is 2.26 bits per heavy atom. The van der Waals surface area contributed by atoms with Gasteiger partial charge in [0.05, 0.1) is 17.4 Å². The highest BCUT2D eigenvalue weighted by molar-refractivity contribution is 8.01. The summed E-state index contributed by atoms with van der Waals surface area (Å²) in [7, 11) is 1.28. The molecular weight excluding hydrogens is 268 g/mol. The Hall–Kier alpha value is -0.950. The highest BCUT2D eigenvalue weighted by atomic mass is 32.2. The first kappa shape index (κ1) is 16.1. The van der Waals surface area contributed by atoms with Gasteiger partial charge >= 0.3 is 12.1 Å². The number of rotatable bonds is 1. The fourth-order valence-corrected chi connectivity index (χ4v) is 3.27. The quantitative estimate of drug-likeness (QED) is 0.738. The SMILES string of the molecule is COC(=O)[C@@H]1[C@H](N)SC(C)(C)N1C(=O)OC(C)(C)C. The molecular formula is C12H22N2O4S. The number of nitrogens with two attached hydrogens (primary N) is 1. The summed E-state index contributed by atoms with van der Waals surface area (Å²) in [6.45, 7) is 8.96. The van der Waals surface area contributed by atoms with E-state index >= 15 is 0 Å². The van der Waals surface area contributed by atoms with Gasteiger partial charge in [-0.15, -0.1) is 11.8 Å². The van der Waals surface area contributed by atoms with Gasteiger partial charge in [0.25, 0.3) is 0 Å².